The number of primary amides is 1. The average molecular weight is 375 g/mol. The molecule has 138 valence electrons. The summed E-state index contributed by atoms with van der Waals surface area (Å²) in [4.78, 5) is 15.4. The Morgan fingerprint density at radius 1 is 1.23 bits per heavy atom. The summed E-state index contributed by atoms with van der Waals surface area (Å²) in [6.45, 7) is 1.21. The van der Waals surface area contributed by atoms with Gasteiger partial charge in [0, 0.05) is 30.7 Å². The van der Waals surface area contributed by atoms with E-state index in [1.54, 1.807) is 38.4 Å². The molecule has 2 aromatic rings. The van der Waals surface area contributed by atoms with Crippen LogP contribution in [0.4, 0.5) is 0 Å². The molecule has 0 saturated heterocycles. The largest absolute Gasteiger partial charge is 0.497 e. The van der Waals surface area contributed by atoms with Crippen LogP contribution in [0.2, 0.25) is 5.02 Å². The number of carbonyl (C=O) groups excluding carboxylic acids is 1. The number of nitrogens with zero attached hydrogens (tertiary/aromatic N) is 1. The molecule has 7 heteroatoms. The van der Waals surface area contributed by atoms with Gasteiger partial charge in [0.05, 0.1) is 7.11 Å². The molecule has 26 heavy (non-hydrogen) atoms. The number of nitrogens with two attached hydrogens (primary N) is 1. The molecule has 0 unspecified atom stereocenters. The lowest BCUT2D eigenvalue weighted by atomic mass is 10.1. The molecule has 2 rings (SSSR count). The number of carbonyl (C=O) groups is 1. The second kappa shape index (κ2) is 9.68. The van der Waals surface area contributed by atoms with Gasteiger partial charge in [0.1, 0.15) is 5.75 Å². The van der Waals surface area contributed by atoms with Gasteiger partial charge in [-0.2, -0.15) is 0 Å². The van der Waals surface area contributed by atoms with Crippen LogP contribution < -0.4 is 21.1 Å². The van der Waals surface area contributed by atoms with Gasteiger partial charge in [-0.3, -0.25) is 9.79 Å². The first-order valence-electron chi connectivity index (χ1n) is 8.19. The van der Waals surface area contributed by atoms with Crippen LogP contribution in [0, 0.1) is 0 Å². The number of amides is 1. The van der Waals surface area contributed by atoms with E-state index in [1.807, 2.05) is 18.2 Å². The maximum atomic E-state index is 11.2. The molecule has 0 spiro atoms. The Morgan fingerprint density at radius 2 is 2.04 bits per heavy atom. The molecule has 0 aliphatic rings. The molecule has 0 saturated carbocycles. The van der Waals surface area contributed by atoms with Crippen LogP contribution in [0.25, 0.3) is 0 Å². The lowest BCUT2D eigenvalue weighted by Gasteiger charge is -2.13. The molecule has 1 amide bonds. The van der Waals surface area contributed by atoms with Gasteiger partial charge in [-0.1, -0.05) is 29.8 Å². The Morgan fingerprint density at radius 3 is 2.69 bits per heavy atom. The van der Waals surface area contributed by atoms with Gasteiger partial charge in [0.15, 0.2) is 5.96 Å². The Labute approximate surface area is 158 Å². The van der Waals surface area contributed by atoms with Crippen LogP contribution in [-0.2, 0) is 13.0 Å². The third kappa shape index (κ3) is 5.67. The summed E-state index contributed by atoms with van der Waals surface area (Å²) < 4.78 is 5.15. The maximum absolute atomic E-state index is 11.2. The summed E-state index contributed by atoms with van der Waals surface area (Å²) >= 11 is 6.25. The first kappa shape index (κ1) is 19.6. The van der Waals surface area contributed by atoms with E-state index in [9.17, 15) is 4.79 Å². The molecule has 6 nitrogen and oxygen atoms in total. The van der Waals surface area contributed by atoms with Crippen molar-refractivity contribution in [3.8, 4) is 5.75 Å². The van der Waals surface area contributed by atoms with E-state index in [2.05, 4.69) is 15.6 Å². The van der Waals surface area contributed by atoms with Gasteiger partial charge < -0.3 is 21.1 Å². The average Bonchev–Trinajstić information content (AvgIpc) is 2.65. The van der Waals surface area contributed by atoms with E-state index in [-0.39, 0.29) is 0 Å². The SMILES string of the molecule is CN=C(NCCc1ccc(OC)cc1Cl)NCc1cccc(C(N)=O)c1. The molecule has 0 bridgehead atoms. The maximum Gasteiger partial charge on any atom is 0.248 e. The van der Waals surface area contributed by atoms with E-state index in [4.69, 9.17) is 22.1 Å². The minimum atomic E-state index is -0.439. The standard InChI is InChI=1S/C19H23ClN4O2/c1-22-19(24-12-13-4-3-5-15(10-13)18(21)25)23-9-8-14-6-7-16(26-2)11-17(14)20/h3-7,10-11H,8-9,12H2,1-2H3,(H2,21,25)(H2,22,23,24). The van der Waals surface area contributed by atoms with Crippen LogP contribution in [0.3, 0.4) is 0 Å². The van der Waals surface area contributed by atoms with Gasteiger partial charge in [0.2, 0.25) is 5.91 Å². The van der Waals surface area contributed by atoms with Crippen molar-refractivity contribution >= 4 is 23.5 Å². The van der Waals surface area contributed by atoms with Crippen molar-refractivity contribution in [3.63, 3.8) is 0 Å². The highest BCUT2D eigenvalue weighted by molar-refractivity contribution is 6.31. The number of guanidine groups is 1. The first-order valence-corrected chi connectivity index (χ1v) is 8.57. The van der Waals surface area contributed by atoms with Gasteiger partial charge in [-0.05, 0) is 41.8 Å². The second-order valence-electron chi connectivity index (χ2n) is 5.62. The van der Waals surface area contributed by atoms with E-state index in [0.29, 0.717) is 29.6 Å². The highest BCUT2D eigenvalue weighted by Gasteiger charge is 2.05. The highest BCUT2D eigenvalue weighted by Crippen LogP contribution is 2.22. The van der Waals surface area contributed by atoms with Gasteiger partial charge >= 0.3 is 0 Å². The second-order valence-corrected chi connectivity index (χ2v) is 6.03. The number of aliphatic imine (C=N–C) groups is 1. The molecule has 0 atom stereocenters. The fourth-order valence-electron chi connectivity index (χ4n) is 2.41. The molecular formula is C19H23ClN4O2. The van der Waals surface area contributed by atoms with Crippen molar-refractivity contribution in [1.29, 1.82) is 0 Å². The number of ether oxygens (including phenoxy) is 1. The van der Waals surface area contributed by atoms with Crippen LogP contribution in [0.5, 0.6) is 5.75 Å². The third-order valence-corrected chi connectivity index (χ3v) is 4.19. The Hall–Kier alpha value is -2.73. The summed E-state index contributed by atoms with van der Waals surface area (Å²) in [6, 6.07) is 12.8. The van der Waals surface area contributed by atoms with Gasteiger partial charge in [0.25, 0.3) is 0 Å². The minimum Gasteiger partial charge on any atom is -0.497 e. The van der Waals surface area contributed by atoms with Crippen LogP contribution in [-0.4, -0.2) is 32.6 Å². The van der Waals surface area contributed by atoms with E-state index < -0.39 is 5.91 Å². The van der Waals surface area contributed by atoms with E-state index >= 15 is 0 Å². The zero-order valence-electron chi connectivity index (χ0n) is 14.9. The number of nitrogens with one attached hydrogen (secondary N) is 2. The van der Waals surface area contributed by atoms with Crippen molar-refractivity contribution in [1.82, 2.24) is 10.6 Å². The first-order chi connectivity index (χ1) is 12.5. The fourth-order valence-corrected chi connectivity index (χ4v) is 2.68. The van der Waals surface area contributed by atoms with Crippen LogP contribution >= 0.6 is 11.6 Å². The number of hydrogen-bond donors (Lipinski definition) is 3. The van der Waals surface area contributed by atoms with Crippen molar-refractivity contribution in [2.45, 2.75) is 13.0 Å². The zero-order chi connectivity index (χ0) is 18.9. The lowest BCUT2D eigenvalue weighted by molar-refractivity contribution is 0.1000. The smallest absolute Gasteiger partial charge is 0.248 e. The number of methoxy groups -OCH3 is 1. The lowest BCUT2D eigenvalue weighted by Crippen LogP contribution is -2.37. The summed E-state index contributed by atoms with van der Waals surface area (Å²) in [5.41, 5.74) is 7.77. The highest BCUT2D eigenvalue weighted by atomic mass is 35.5. The van der Waals surface area contributed by atoms with Gasteiger partial charge in [-0.15, -0.1) is 0 Å². The normalized spacial score (nSPS) is 11.1. The number of hydrogen-bond acceptors (Lipinski definition) is 3. The molecule has 0 heterocycles. The molecule has 2 aromatic carbocycles. The summed E-state index contributed by atoms with van der Waals surface area (Å²) in [5.74, 6) is 0.965. The third-order valence-electron chi connectivity index (χ3n) is 3.84. The van der Waals surface area contributed by atoms with E-state index in [1.165, 1.54) is 0 Å². The Balaban J connectivity index is 1.84. The zero-order valence-corrected chi connectivity index (χ0v) is 15.6. The van der Waals surface area contributed by atoms with Crippen LogP contribution in [0.1, 0.15) is 21.5 Å². The minimum absolute atomic E-state index is 0.439. The number of benzene rings is 2. The van der Waals surface area contributed by atoms with Gasteiger partial charge in [-0.25, -0.2) is 0 Å². The molecular weight excluding hydrogens is 352 g/mol. The molecule has 0 radical (unpaired) electrons. The summed E-state index contributed by atoms with van der Waals surface area (Å²) in [6.07, 6.45) is 0.751. The van der Waals surface area contributed by atoms with E-state index in [0.717, 1.165) is 23.3 Å². The Bertz CT molecular complexity index is 793. The van der Waals surface area contributed by atoms with Crippen molar-refractivity contribution in [2.75, 3.05) is 20.7 Å². The molecule has 4 N–H and O–H groups in total. The molecule has 0 aliphatic heterocycles. The fraction of sp³-hybridized carbons (Fsp3) is 0.263. The Kier molecular flexibility index (Phi) is 7.29. The van der Waals surface area contributed by atoms with Crippen molar-refractivity contribution < 1.29 is 9.53 Å². The van der Waals surface area contributed by atoms with Crippen LogP contribution in [0.15, 0.2) is 47.5 Å². The molecule has 0 aromatic heterocycles. The predicted molar refractivity (Wildman–Crippen MR) is 105 cm³/mol. The number of rotatable bonds is 7. The molecule has 0 aliphatic carbocycles. The summed E-state index contributed by atoms with van der Waals surface area (Å²) in [5, 5.41) is 7.12. The number of halogens is 1. The molecule has 0 fully saturated rings. The predicted octanol–water partition coefficient (Wildman–Crippen LogP) is 2.36. The monoisotopic (exact) mass is 374 g/mol. The van der Waals surface area contributed by atoms with Crippen molar-refractivity contribution in [2.24, 2.45) is 10.7 Å². The summed E-state index contributed by atoms with van der Waals surface area (Å²) in [7, 11) is 3.32. The van der Waals surface area contributed by atoms with Crippen molar-refractivity contribution in [3.05, 3.63) is 64.2 Å². The quantitative estimate of drug-likeness (QED) is 0.512. The topological polar surface area (TPSA) is 88.7 Å².